The van der Waals surface area contributed by atoms with Crippen LogP contribution in [-0.4, -0.2) is 36.7 Å². The minimum absolute atomic E-state index is 0.0211. The molecule has 0 saturated carbocycles. The molecule has 3 aliphatic heterocycles. The summed E-state index contributed by atoms with van der Waals surface area (Å²) in [5.74, 6) is 0.478. The van der Waals surface area contributed by atoms with Gasteiger partial charge < -0.3 is 4.74 Å². The van der Waals surface area contributed by atoms with Gasteiger partial charge in [-0.15, -0.1) is 0 Å². The second kappa shape index (κ2) is 7.81. The maximum absolute atomic E-state index is 13.0. The van der Waals surface area contributed by atoms with E-state index in [0.717, 1.165) is 43.7 Å². The Labute approximate surface area is 159 Å². The summed E-state index contributed by atoms with van der Waals surface area (Å²) < 4.78 is 5.95. The number of carbonyl (C=O) groups is 1. The largest absolute Gasteiger partial charge is 0.444 e. The van der Waals surface area contributed by atoms with Gasteiger partial charge in [-0.3, -0.25) is 9.80 Å². The zero-order valence-corrected chi connectivity index (χ0v) is 15.3. The summed E-state index contributed by atoms with van der Waals surface area (Å²) in [6.45, 7) is 3.49. The summed E-state index contributed by atoms with van der Waals surface area (Å²) in [7, 11) is 0. The molecule has 1 amide bonds. The quantitative estimate of drug-likeness (QED) is 0.831. The molecule has 0 spiro atoms. The number of nitriles is 1. The Morgan fingerprint density at radius 2 is 1.81 bits per heavy atom. The monoisotopic (exact) mass is 361 g/mol. The van der Waals surface area contributed by atoms with E-state index in [0.29, 0.717) is 18.0 Å². The Bertz CT molecular complexity index is 821. The van der Waals surface area contributed by atoms with E-state index in [1.54, 1.807) is 17.0 Å². The summed E-state index contributed by atoms with van der Waals surface area (Å²) in [6.07, 6.45) is 1.90. The topological polar surface area (TPSA) is 56.6 Å². The van der Waals surface area contributed by atoms with Gasteiger partial charge in [0.1, 0.15) is 6.10 Å². The SMILES string of the molecule is N#Cc1ccc(CN(C(=O)OC2CN3CCC2CC3)c2ccccc2)cc1. The van der Waals surface area contributed by atoms with Crippen LogP contribution >= 0.6 is 0 Å². The normalized spacial score (nSPS) is 23.4. The van der Waals surface area contributed by atoms with E-state index >= 15 is 0 Å². The fourth-order valence-electron chi connectivity index (χ4n) is 3.97. The van der Waals surface area contributed by atoms with Crippen LogP contribution in [0.5, 0.6) is 0 Å². The van der Waals surface area contributed by atoms with Crippen molar-refractivity contribution in [2.75, 3.05) is 24.5 Å². The number of piperidine rings is 3. The van der Waals surface area contributed by atoms with Gasteiger partial charge in [0.15, 0.2) is 0 Å². The molecular formula is C22H23N3O2. The van der Waals surface area contributed by atoms with Crippen LogP contribution in [0, 0.1) is 17.2 Å². The highest BCUT2D eigenvalue weighted by Crippen LogP contribution is 2.30. The first kappa shape index (κ1) is 17.6. The van der Waals surface area contributed by atoms with Crippen molar-refractivity contribution in [1.82, 2.24) is 4.90 Å². The van der Waals surface area contributed by atoms with Gasteiger partial charge in [0, 0.05) is 12.2 Å². The fraction of sp³-hybridized carbons (Fsp3) is 0.364. The highest BCUT2D eigenvalue weighted by molar-refractivity contribution is 5.87. The summed E-state index contributed by atoms with van der Waals surface area (Å²) in [5.41, 5.74) is 2.39. The summed E-state index contributed by atoms with van der Waals surface area (Å²) in [5, 5.41) is 8.97. The first-order chi connectivity index (χ1) is 13.2. The molecule has 138 valence electrons. The second-order valence-corrected chi connectivity index (χ2v) is 7.29. The van der Waals surface area contributed by atoms with Crippen LogP contribution < -0.4 is 4.90 Å². The third-order valence-corrected chi connectivity index (χ3v) is 5.56. The van der Waals surface area contributed by atoms with Crippen LogP contribution in [0.25, 0.3) is 0 Å². The van der Waals surface area contributed by atoms with E-state index in [9.17, 15) is 4.79 Å². The lowest BCUT2D eigenvalue weighted by molar-refractivity contribution is -0.0311. The summed E-state index contributed by atoms with van der Waals surface area (Å²) >= 11 is 0. The minimum Gasteiger partial charge on any atom is -0.444 e. The van der Waals surface area contributed by atoms with Gasteiger partial charge >= 0.3 is 6.09 Å². The van der Waals surface area contributed by atoms with Crippen molar-refractivity contribution in [3.05, 3.63) is 65.7 Å². The van der Waals surface area contributed by atoms with Gasteiger partial charge in [0.2, 0.25) is 0 Å². The lowest BCUT2D eigenvalue weighted by Gasteiger charge is -2.44. The molecule has 1 atom stereocenters. The van der Waals surface area contributed by atoms with E-state index in [-0.39, 0.29) is 12.2 Å². The number of anilines is 1. The molecule has 0 N–H and O–H groups in total. The van der Waals surface area contributed by atoms with Gasteiger partial charge in [-0.05, 0) is 61.7 Å². The molecule has 0 aromatic heterocycles. The lowest BCUT2D eigenvalue weighted by atomic mass is 9.86. The first-order valence-corrected chi connectivity index (χ1v) is 9.47. The summed E-state index contributed by atoms with van der Waals surface area (Å²) in [6, 6.07) is 19.0. The molecule has 27 heavy (non-hydrogen) atoms. The number of hydrogen-bond donors (Lipinski definition) is 0. The Morgan fingerprint density at radius 1 is 1.11 bits per heavy atom. The second-order valence-electron chi connectivity index (χ2n) is 7.29. The van der Waals surface area contributed by atoms with E-state index in [2.05, 4.69) is 11.0 Å². The molecule has 5 rings (SSSR count). The Kier molecular flexibility index (Phi) is 5.08. The molecule has 5 nitrogen and oxygen atoms in total. The number of ether oxygens (including phenoxy) is 1. The number of rotatable bonds is 4. The van der Waals surface area contributed by atoms with Crippen LogP contribution in [0.3, 0.4) is 0 Å². The van der Waals surface area contributed by atoms with Gasteiger partial charge in [-0.1, -0.05) is 30.3 Å². The number of hydrogen-bond acceptors (Lipinski definition) is 4. The number of fused-ring (bicyclic) bond motifs is 3. The third-order valence-electron chi connectivity index (χ3n) is 5.56. The van der Waals surface area contributed by atoms with Crippen molar-refractivity contribution in [1.29, 1.82) is 5.26 Å². The van der Waals surface area contributed by atoms with Crippen LogP contribution in [0.2, 0.25) is 0 Å². The molecule has 2 aromatic rings. The van der Waals surface area contributed by atoms with E-state index in [1.807, 2.05) is 42.5 Å². The predicted octanol–water partition coefficient (Wildman–Crippen LogP) is 3.80. The number of para-hydroxylation sites is 1. The molecular weight excluding hydrogens is 338 g/mol. The molecule has 0 radical (unpaired) electrons. The molecule has 0 aliphatic carbocycles. The van der Waals surface area contributed by atoms with Crippen LogP contribution in [0.15, 0.2) is 54.6 Å². The van der Waals surface area contributed by atoms with Crippen molar-refractivity contribution in [3.63, 3.8) is 0 Å². The average molecular weight is 361 g/mol. The molecule has 1 unspecified atom stereocenters. The number of amides is 1. The Balaban J connectivity index is 1.52. The van der Waals surface area contributed by atoms with Crippen LogP contribution in [0.1, 0.15) is 24.0 Å². The third kappa shape index (κ3) is 3.96. The van der Waals surface area contributed by atoms with Crippen LogP contribution in [0.4, 0.5) is 10.5 Å². The zero-order valence-electron chi connectivity index (χ0n) is 15.3. The Morgan fingerprint density at radius 3 is 2.41 bits per heavy atom. The van der Waals surface area contributed by atoms with Crippen molar-refractivity contribution >= 4 is 11.8 Å². The Hall–Kier alpha value is -2.84. The van der Waals surface area contributed by atoms with Crippen molar-refractivity contribution in [2.24, 2.45) is 5.92 Å². The van der Waals surface area contributed by atoms with Crippen molar-refractivity contribution in [2.45, 2.75) is 25.5 Å². The zero-order chi connectivity index (χ0) is 18.6. The van der Waals surface area contributed by atoms with Gasteiger partial charge in [-0.25, -0.2) is 4.79 Å². The van der Waals surface area contributed by atoms with Crippen molar-refractivity contribution < 1.29 is 9.53 Å². The highest BCUT2D eigenvalue weighted by Gasteiger charge is 2.37. The predicted molar refractivity (Wildman–Crippen MR) is 103 cm³/mol. The van der Waals surface area contributed by atoms with Gasteiger partial charge in [0.25, 0.3) is 0 Å². The van der Waals surface area contributed by atoms with E-state index < -0.39 is 0 Å². The standard InChI is InChI=1S/C22H23N3O2/c23-14-17-6-8-18(9-7-17)15-25(20-4-2-1-3-5-20)22(26)27-21-16-24-12-10-19(21)11-13-24/h1-9,19,21H,10-13,15-16H2. The molecule has 3 heterocycles. The maximum Gasteiger partial charge on any atom is 0.414 e. The molecule has 3 saturated heterocycles. The van der Waals surface area contributed by atoms with Crippen LogP contribution in [-0.2, 0) is 11.3 Å². The van der Waals surface area contributed by atoms with Gasteiger partial charge in [-0.2, -0.15) is 5.26 Å². The smallest absolute Gasteiger partial charge is 0.414 e. The first-order valence-electron chi connectivity index (χ1n) is 9.47. The minimum atomic E-state index is -0.302. The van der Waals surface area contributed by atoms with Crippen molar-refractivity contribution in [3.8, 4) is 6.07 Å². The summed E-state index contributed by atoms with van der Waals surface area (Å²) in [4.78, 5) is 17.1. The molecule has 3 aliphatic rings. The van der Waals surface area contributed by atoms with E-state index in [4.69, 9.17) is 10.00 Å². The average Bonchev–Trinajstić information content (AvgIpc) is 2.74. The van der Waals surface area contributed by atoms with Gasteiger partial charge in [0.05, 0.1) is 18.2 Å². The number of benzene rings is 2. The fourth-order valence-corrected chi connectivity index (χ4v) is 3.97. The highest BCUT2D eigenvalue weighted by atomic mass is 16.6. The number of carbonyl (C=O) groups excluding carboxylic acids is 1. The maximum atomic E-state index is 13.0. The molecule has 3 fully saturated rings. The molecule has 2 bridgehead atoms. The van der Waals surface area contributed by atoms with E-state index in [1.165, 1.54) is 0 Å². The molecule has 5 heteroatoms. The number of nitrogens with zero attached hydrogens (tertiary/aromatic N) is 3. The lowest BCUT2D eigenvalue weighted by Crippen LogP contribution is -2.53. The molecule has 2 aromatic carbocycles.